The second-order valence-electron chi connectivity index (χ2n) is 6.66. The van der Waals surface area contributed by atoms with Gasteiger partial charge in [-0.3, -0.25) is 4.18 Å². The zero-order valence-corrected chi connectivity index (χ0v) is 14.0. The van der Waals surface area contributed by atoms with Gasteiger partial charge in [0.1, 0.15) is 11.7 Å². The molecule has 4 nitrogen and oxygen atoms in total. The number of hydrogen-bond acceptors (Lipinski definition) is 4. The van der Waals surface area contributed by atoms with Gasteiger partial charge in [0.15, 0.2) is 0 Å². The summed E-state index contributed by atoms with van der Waals surface area (Å²) in [6.07, 6.45) is 1.14. The van der Waals surface area contributed by atoms with Crippen LogP contribution in [0.25, 0.3) is 0 Å². The molecule has 2 aliphatic rings. The summed E-state index contributed by atoms with van der Waals surface area (Å²) < 4.78 is 36.3. The fourth-order valence-electron chi connectivity index (χ4n) is 3.14. The highest BCUT2D eigenvalue weighted by Crippen LogP contribution is 2.52. The summed E-state index contributed by atoms with van der Waals surface area (Å²) in [6, 6.07) is 6.70. The van der Waals surface area contributed by atoms with Crippen LogP contribution in [-0.2, 0) is 19.0 Å². The quantitative estimate of drug-likeness (QED) is 0.485. The van der Waals surface area contributed by atoms with Gasteiger partial charge in [-0.15, -0.1) is 0 Å². The minimum absolute atomic E-state index is 0.0705. The summed E-state index contributed by atoms with van der Waals surface area (Å²) in [5.41, 5.74) is 1.58. The van der Waals surface area contributed by atoms with E-state index in [-0.39, 0.29) is 16.9 Å². The van der Waals surface area contributed by atoms with Crippen molar-refractivity contribution in [2.45, 2.75) is 56.3 Å². The van der Waals surface area contributed by atoms with Crippen molar-refractivity contribution in [3.63, 3.8) is 0 Å². The minimum atomic E-state index is -3.78. The monoisotopic (exact) mass is 322 g/mol. The Labute approximate surface area is 132 Å². The Kier molecular flexibility index (Phi) is 3.70. The lowest BCUT2D eigenvalue weighted by molar-refractivity contribution is 0.0919. The van der Waals surface area contributed by atoms with Crippen molar-refractivity contribution in [3.8, 4) is 0 Å². The maximum atomic E-state index is 12.5. The number of hydrogen-bond donors (Lipinski definition) is 0. The molecule has 1 aliphatic heterocycles. The first-order valence-corrected chi connectivity index (χ1v) is 8.96. The molecule has 0 aromatic heterocycles. The van der Waals surface area contributed by atoms with Gasteiger partial charge in [-0.25, -0.2) is 0 Å². The number of aryl methyl sites for hydroxylation is 1. The molecule has 1 saturated carbocycles. The molecule has 1 saturated heterocycles. The van der Waals surface area contributed by atoms with Crippen molar-refractivity contribution in [2.75, 3.05) is 0 Å². The Hall–Kier alpha value is -1.17. The van der Waals surface area contributed by atoms with Crippen LogP contribution in [0.1, 0.15) is 32.3 Å². The fourth-order valence-corrected chi connectivity index (χ4v) is 4.29. The van der Waals surface area contributed by atoms with E-state index in [9.17, 15) is 8.42 Å². The van der Waals surface area contributed by atoms with Crippen molar-refractivity contribution < 1.29 is 17.3 Å². The first kappa shape index (κ1) is 15.7. The third-order valence-corrected chi connectivity index (χ3v) is 6.20. The van der Waals surface area contributed by atoms with Crippen LogP contribution in [0.3, 0.4) is 0 Å². The maximum absolute atomic E-state index is 12.5. The average molecular weight is 322 g/mol. The topological polar surface area (TPSA) is 55.9 Å². The van der Waals surface area contributed by atoms with Gasteiger partial charge in [-0.05, 0) is 51.7 Å². The summed E-state index contributed by atoms with van der Waals surface area (Å²) in [7, 11) is -3.78. The smallest absolute Gasteiger partial charge is 0.297 e. The molecule has 22 heavy (non-hydrogen) atoms. The molecule has 0 N–H and O–H groups in total. The molecule has 1 aliphatic carbocycles. The van der Waals surface area contributed by atoms with E-state index in [0.717, 1.165) is 17.6 Å². The van der Waals surface area contributed by atoms with Gasteiger partial charge in [0, 0.05) is 0 Å². The van der Waals surface area contributed by atoms with Crippen molar-refractivity contribution in [1.29, 1.82) is 0 Å². The SMILES string of the molecule is C=C(C)[C@@H]1C[C@@H]2O[C@]2(C)[C@H](OS(=O)(=O)c2ccc(C)cc2)C1. The molecule has 0 spiro atoms. The summed E-state index contributed by atoms with van der Waals surface area (Å²) in [6.45, 7) is 9.81. The molecule has 0 bridgehead atoms. The lowest BCUT2D eigenvalue weighted by atomic mass is 9.78. The van der Waals surface area contributed by atoms with Gasteiger partial charge in [-0.1, -0.05) is 29.8 Å². The van der Waals surface area contributed by atoms with Crippen LogP contribution in [-0.4, -0.2) is 26.2 Å². The molecule has 3 rings (SSSR count). The third-order valence-electron chi connectivity index (χ3n) is 4.86. The van der Waals surface area contributed by atoms with Gasteiger partial charge in [0.25, 0.3) is 10.1 Å². The zero-order valence-electron chi connectivity index (χ0n) is 13.2. The maximum Gasteiger partial charge on any atom is 0.297 e. The molecule has 0 unspecified atom stereocenters. The summed E-state index contributed by atoms with van der Waals surface area (Å²) in [5, 5.41) is 0. The third kappa shape index (κ3) is 2.73. The van der Waals surface area contributed by atoms with Gasteiger partial charge >= 0.3 is 0 Å². The Balaban J connectivity index is 1.81. The second-order valence-corrected chi connectivity index (χ2v) is 8.23. The predicted octanol–water partition coefficient (Wildman–Crippen LogP) is 3.21. The first-order chi connectivity index (χ1) is 10.2. The van der Waals surface area contributed by atoms with E-state index in [1.807, 2.05) is 20.8 Å². The second kappa shape index (κ2) is 5.18. The van der Waals surface area contributed by atoms with Gasteiger partial charge < -0.3 is 4.74 Å². The van der Waals surface area contributed by atoms with Crippen LogP contribution in [0.5, 0.6) is 0 Å². The number of rotatable bonds is 4. The van der Waals surface area contributed by atoms with E-state index in [4.69, 9.17) is 8.92 Å². The standard InChI is InChI=1S/C17H22O4S/c1-11(2)13-9-15-17(4,20-15)16(10-13)21-22(18,19)14-7-5-12(3)6-8-14/h5-8,13,15-16H,1,9-10H2,2-4H3/t13-,15+,16-,17+/m1/s1. The van der Waals surface area contributed by atoms with Crippen LogP contribution in [0, 0.1) is 12.8 Å². The molecule has 0 radical (unpaired) electrons. The lowest BCUT2D eigenvalue weighted by Gasteiger charge is -2.30. The number of ether oxygens (including phenoxy) is 1. The van der Waals surface area contributed by atoms with Crippen molar-refractivity contribution in [3.05, 3.63) is 42.0 Å². The Morgan fingerprint density at radius 3 is 2.55 bits per heavy atom. The number of epoxide rings is 1. The summed E-state index contributed by atoms with van der Waals surface area (Å²) in [5.74, 6) is 0.249. The Morgan fingerprint density at radius 1 is 1.32 bits per heavy atom. The lowest BCUT2D eigenvalue weighted by Crippen LogP contribution is -2.40. The zero-order chi connectivity index (χ0) is 16.1. The molecule has 120 valence electrons. The first-order valence-electron chi connectivity index (χ1n) is 7.55. The Morgan fingerprint density at radius 2 is 1.95 bits per heavy atom. The normalized spacial score (nSPS) is 34.0. The highest BCUT2D eigenvalue weighted by atomic mass is 32.2. The Bertz CT molecular complexity index is 692. The summed E-state index contributed by atoms with van der Waals surface area (Å²) in [4.78, 5) is 0.191. The van der Waals surface area contributed by atoms with Crippen LogP contribution in [0.4, 0.5) is 0 Å². The van der Waals surface area contributed by atoms with E-state index < -0.39 is 21.8 Å². The van der Waals surface area contributed by atoms with Crippen molar-refractivity contribution in [2.24, 2.45) is 5.92 Å². The van der Waals surface area contributed by atoms with Gasteiger partial charge in [0.05, 0.1) is 11.0 Å². The summed E-state index contributed by atoms with van der Waals surface area (Å²) >= 11 is 0. The van der Waals surface area contributed by atoms with Crippen LogP contribution in [0.15, 0.2) is 41.3 Å². The number of allylic oxidation sites excluding steroid dienone is 1. The molecule has 5 heteroatoms. The van der Waals surface area contributed by atoms with Crippen molar-refractivity contribution >= 4 is 10.1 Å². The van der Waals surface area contributed by atoms with Crippen LogP contribution < -0.4 is 0 Å². The van der Waals surface area contributed by atoms with E-state index in [1.54, 1.807) is 24.3 Å². The fraction of sp³-hybridized carbons (Fsp3) is 0.529. The van der Waals surface area contributed by atoms with Crippen LogP contribution >= 0.6 is 0 Å². The molecule has 1 heterocycles. The molecule has 0 amide bonds. The molecular formula is C17H22O4S. The van der Waals surface area contributed by atoms with Gasteiger partial charge in [-0.2, -0.15) is 8.42 Å². The molecule has 4 atom stereocenters. The van der Waals surface area contributed by atoms with E-state index in [1.165, 1.54) is 0 Å². The minimum Gasteiger partial charge on any atom is -0.363 e. The predicted molar refractivity (Wildman–Crippen MR) is 84.1 cm³/mol. The van der Waals surface area contributed by atoms with Crippen LogP contribution in [0.2, 0.25) is 0 Å². The van der Waals surface area contributed by atoms with Gasteiger partial charge in [0.2, 0.25) is 0 Å². The average Bonchev–Trinajstić information content (AvgIpc) is 3.11. The van der Waals surface area contributed by atoms with E-state index >= 15 is 0 Å². The van der Waals surface area contributed by atoms with E-state index in [2.05, 4.69) is 6.58 Å². The molecule has 1 aromatic rings. The highest BCUT2D eigenvalue weighted by Gasteiger charge is 2.63. The number of fused-ring (bicyclic) bond motifs is 1. The van der Waals surface area contributed by atoms with E-state index in [0.29, 0.717) is 6.42 Å². The number of benzene rings is 1. The largest absolute Gasteiger partial charge is 0.363 e. The highest BCUT2D eigenvalue weighted by molar-refractivity contribution is 7.86. The van der Waals surface area contributed by atoms with Crippen molar-refractivity contribution in [1.82, 2.24) is 0 Å². The molecular weight excluding hydrogens is 300 g/mol. The molecule has 1 aromatic carbocycles. The molecule has 2 fully saturated rings.